The molecule has 4 aliphatic rings. The summed E-state index contributed by atoms with van der Waals surface area (Å²) in [6.07, 6.45) is 5.44. The molecular weight excluding hydrogens is 326 g/mol. The summed E-state index contributed by atoms with van der Waals surface area (Å²) in [7, 11) is 2.21. The summed E-state index contributed by atoms with van der Waals surface area (Å²) < 4.78 is 12.6. The summed E-state index contributed by atoms with van der Waals surface area (Å²) in [6, 6.07) is 4.62. The zero-order chi connectivity index (χ0) is 18.5. The van der Waals surface area contributed by atoms with Crippen molar-refractivity contribution >= 4 is 5.78 Å². The zero-order valence-electron chi connectivity index (χ0n) is 16.3. The predicted molar refractivity (Wildman–Crippen MR) is 99.9 cm³/mol. The van der Waals surface area contributed by atoms with E-state index >= 15 is 0 Å². The SMILES string of the molecule is CN1CC[C@]23c4c5ccc(OC(C)(C)C)c4O[C@H]2C(=O)C=C[C@@]3(C)[C@H]1C5. The fourth-order valence-corrected chi connectivity index (χ4v) is 5.96. The second-order valence-corrected chi connectivity index (χ2v) is 9.58. The third-order valence-corrected chi connectivity index (χ3v) is 7.06. The molecule has 2 bridgehead atoms. The van der Waals surface area contributed by atoms with E-state index in [1.165, 1.54) is 11.1 Å². The smallest absolute Gasteiger partial charge is 0.196 e. The standard InChI is InChI=1S/C22H27NO3/c1-20(2,3)26-15-7-6-13-12-16-21(4)9-8-14(24)19-22(21,10-11-23(16)5)17(13)18(15)25-19/h6-9,16,19H,10-12H2,1-5H3/t16-,19+,21+,22+/m1/s1. The lowest BCUT2D eigenvalue weighted by atomic mass is 9.46. The van der Waals surface area contributed by atoms with Gasteiger partial charge in [-0.3, -0.25) is 4.79 Å². The highest BCUT2D eigenvalue weighted by atomic mass is 16.5. The molecule has 1 spiro atoms. The van der Waals surface area contributed by atoms with Crippen molar-refractivity contribution in [1.29, 1.82) is 0 Å². The molecule has 2 heterocycles. The molecular formula is C22H27NO3. The number of carbonyl (C=O) groups is 1. The van der Waals surface area contributed by atoms with E-state index < -0.39 is 6.10 Å². The van der Waals surface area contributed by atoms with Gasteiger partial charge >= 0.3 is 0 Å². The van der Waals surface area contributed by atoms with E-state index in [1.807, 2.05) is 26.8 Å². The van der Waals surface area contributed by atoms with E-state index in [0.717, 1.165) is 30.9 Å². The monoisotopic (exact) mass is 353 g/mol. The number of ether oxygens (including phenoxy) is 2. The van der Waals surface area contributed by atoms with Crippen LogP contribution in [0.5, 0.6) is 11.5 Å². The van der Waals surface area contributed by atoms with Gasteiger partial charge in [-0.15, -0.1) is 0 Å². The minimum absolute atomic E-state index is 0.0940. The van der Waals surface area contributed by atoms with Gasteiger partial charge < -0.3 is 14.4 Å². The second-order valence-electron chi connectivity index (χ2n) is 9.58. The molecule has 26 heavy (non-hydrogen) atoms. The molecule has 1 saturated heterocycles. The molecule has 1 fully saturated rings. The van der Waals surface area contributed by atoms with Crippen LogP contribution in [0.3, 0.4) is 0 Å². The quantitative estimate of drug-likeness (QED) is 0.777. The number of piperidine rings is 1. The summed E-state index contributed by atoms with van der Waals surface area (Å²) >= 11 is 0. The lowest BCUT2D eigenvalue weighted by Gasteiger charge is -2.61. The fraction of sp³-hybridized carbons (Fsp3) is 0.591. The number of hydrogen-bond donors (Lipinski definition) is 0. The van der Waals surface area contributed by atoms with Gasteiger partial charge in [-0.05, 0) is 64.9 Å². The molecule has 0 saturated carbocycles. The lowest BCUT2D eigenvalue weighted by Crippen LogP contribution is -2.69. The third-order valence-electron chi connectivity index (χ3n) is 7.06. The molecule has 0 aromatic heterocycles. The number of hydrogen-bond acceptors (Lipinski definition) is 4. The van der Waals surface area contributed by atoms with E-state index in [4.69, 9.17) is 9.47 Å². The molecule has 4 nitrogen and oxygen atoms in total. The van der Waals surface area contributed by atoms with E-state index in [0.29, 0.717) is 6.04 Å². The largest absolute Gasteiger partial charge is 0.484 e. The minimum atomic E-state index is -0.424. The Hall–Kier alpha value is -1.81. The third kappa shape index (κ3) is 1.76. The molecule has 0 unspecified atom stereocenters. The van der Waals surface area contributed by atoms with Crippen LogP contribution < -0.4 is 9.47 Å². The van der Waals surface area contributed by atoms with Crippen LogP contribution in [0.4, 0.5) is 0 Å². The first kappa shape index (κ1) is 16.4. The van der Waals surface area contributed by atoms with Crippen LogP contribution in [0.1, 0.15) is 45.2 Å². The zero-order valence-corrected chi connectivity index (χ0v) is 16.3. The maximum absolute atomic E-state index is 12.9. The Bertz CT molecular complexity index is 852. The van der Waals surface area contributed by atoms with E-state index in [9.17, 15) is 4.79 Å². The summed E-state index contributed by atoms with van der Waals surface area (Å²) in [5.41, 5.74) is 1.89. The highest BCUT2D eigenvalue weighted by Gasteiger charge is 2.69. The number of benzene rings is 1. The van der Waals surface area contributed by atoms with Crippen molar-refractivity contribution in [2.24, 2.45) is 5.41 Å². The van der Waals surface area contributed by atoms with Crippen molar-refractivity contribution in [2.75, 3.05) is 13.6 Å². The highest BCUT2D eigenvalue weighted by Crippen LogP contribution is 2.67. The van der Waals surface area contributed by atoms with Crippen LogP contribution in [-0.4, -0.2) is 42.0 Å². The molecule has 1 aromatic rings. The molecule has 4 atom stereocenters. The Labute approximate surface area is 155 Å². The van der Waals surface area contributed by atoms with Gasteiger partial charge in [0.1, 0.15) is 5.60 Å². The number of rotatable bonds is 1. The van der Waals surface area contributed by atoms with Gasteiger partial charge in [0.05, 0.1) is 5.41 Å². The van der Waals surface area contributed by atoms with Gasteiger partial charge in [-0.2, -0.15) is 0 Å². The van der Waals surface area contributed by atoms with Gasteiger partial charge in [0.15, 0.2) is 23.4 Å². The van der Waals surface area contributed by atoms with Crippen molar-refractivity contribution in [3.8, 4) is 11.5 Å². The first-order valence-electron chi connectivity index (χ1n) is 9.63. The topological polar surface area (TPSA) is 38.8 Å². The van der Waals surface area contributed by atoms with Gasteiger partial charge in [-0.25, -0.2) is 0 Å². The van der Waals surface area contributed by atoms with Gasteiger partial charge in [0, 0.05) is 17.0 Å². The lowest BCUT2D eigenvalue weighted by molar-refractivity contribution is -0.132. The Balaban J connectivity index is 1.79. The Morgan fingerprint density at radius 2 is 2.08 bits per heavy atom. The predicted octanol–water partition coefficient (Wildman–Crippen LogP) is 3.27. The maximum atomic E-state index is 12.9. The molecule has 4 heteroatoms. The van der Waals surface area contributed by atoms with Crippen molar-refractivity contribution in [2.45, 2.75) is 63.7 Å². The molecule has 2 aliphatic heterocycles. The number of likely N-dealkylation sites (tertiary alicyclic amines) is 1. The average molecular weight is 353 g/mol. The maximum Gasteiger partial charge on any atom is 0.196 e. The summed E-state index contributed by atoms with van der Waals surface area (Å²) in [5.74, 6) is 1.68. The summed E-state index contributed by atoms with van der Waals surface area (Å²) in [6.45, 7) is 9.44. The second kappa shape index (κ2) is 4.72. The van der Waals surface area contributed by atoms with Crippen molar-refractivity contribution in [3.63, 3.8) is 0 Å². The molecule has 0 N–H and O–H groups in total. The first-order valence-corrected chi connectivity index (χ1v) is 9.63. The van der Waals surface area contributed by atoms with Crippen LogP contribution in [-0.2, 0) is 16.6 Å². The minimum Gasteiger partial charge on any atom is -0.484 e. The molecule has 138 valence electrons. The summed E-state index contributed by atoms with van der Waals surface area (Å²) in [4.78, 5) is 15.3. The molecule has 5 rings (SSSR count). The Morgan fingerprint density at radius 1 is 1.31 bits per heavy atom. The van der Waals surface area contributed by atoms with Crippen LogP contribution >= 0.6 is 0 Å². The van der Waals surface area contributed by atoms with Crippen molar-refractivity contribution in [3.05, 3.63) is 35.4 Å². The number of nitrogens with zero attached hydrogens (tertiary/aromatic N) is 1. The Morgan fingerprint density at radius 3 is 2.81 bits per heavy atom. The highest BCUT2D eigenvalue weighted by molar-refractivity contribution is 5.98. The van der Waals surface area contributed by atoms with Crippen LogP contribution in [0, 0.1) is 5.41 Å². The average Bonchev–Trinajstić information content (AvgIpc) is 2.90. The van der Waals surface area contributed by atoms with E-state index in [-0.39, 0.29) is 22.2 Å². The van der Waals surface area contributed by atoms with Crippen molar-refractivity contribution in [1.82, 2.24) is 4.90 Å². The van der Waals surface area contributed by atoms with E-state index in [2.05, 4.69) is 31.0 Å². The van der Waals surface area contributed by atoms with Crippen LogP contribution in [0.25, 0.3) is 0 Å². The van der Waals surface area contributed by atoms with Crippen LogP contribution in [0.15, 0.2) is 24.3 Å². The first-order chi connectivity index (χ1) is 12.2. The molecule has 0 amide bonds. The normalized spacial score (nSPS) is 37.3. The Kier molecular flexibility index (Phi) is 2.97. The number of ketones is 1. The van der Waals surface area contributed by atoms with Gasteiger partial charge in [-0.1, -0.05) is 19.1 Å². The molecule has 0 radical (unpaired) electrons. The molecule has 1 aromatic carbocycles. The van der Waals surface area contributed by atoms with Gasteiger partial charge in [0.25, 0.3) is 0 Å². The molecule has 2 aliphatic carbocycles. The number of likely N-dealkylation sites (N-methyl/N-ethyl adjacent to an activating group) is 1. The fourth-order valence-electron chi connectivity index (χ4n) is 5.96. The summed E-state index contributed by atoms with van der Waals surface area (Å²) in [5, 5.41) is 0. The number of carbonyl (C=O) groups excluding carboxylic acids is 1. The van der Waals surface area contributed by atoms with Crippen LogP contribution in [0.2, 0.25) is 0 Å². The van der Waals surface area contributed by atoms with Gasteiger partial charge in [0.2, 0.25) is 0 Å². The van der Waals surface area contributed by atoms with Crippen molar-refractivity contribution < 1.29 is 14.3 Å². The van der Waals surface area contributed by atoms with E-state index in [1.54, 1.807) is 6.08 Å².